The first-order valence-electron chi connectivity index (χ1n) is 6.73. The number of hydrogen-bond acceptors (Lipinski definition) is 3. The van der Waals surface area contributed by atoms with Gasteiger partial charge in [-0.25, -0.2) is 0 Å². The van der Waals surface area contributed by atoms with Crippen molar-refractivity contribution in [3.8, 4) is 5.75 Å². The number of ether oxygens (including phenoxy) is 1. The Hall–Kier alpha value is -1.27. The summed E-state index contributed by atoms with van der Waals surface area (Å²) in [5, 5.41) is 2.84. The van der Waals surface area contributed by atoms with Gasteiger partial charge in [0.25, 0.3) is 0 Å². The maximum Gasteiger partial charge on any atom is 0.394 e. The van der Waals surface area contributed by atoms with Gasteiger partial charge in [0.2, 0.25) is 0 Å². The van der Waals surface area contributed by atoms with E-state index in [1.54, 1.807) is 4.90 Å². The molecule has 0 spiro atoms. The molecule has 2 rings (SSSR count). The van der Waals surface area contributed by atoms with Crippen molar-refractivity contribution >= 4 is 0 Å². The molecule has 0 amide bonds. The highest BCUT2D eigenvalue weighted by atomic mass is 19.4. The van der Waals surface area contributed by atoms with E-state index in [0.29, 0.717) is 26.2 Å². The molecule has 6 heteroatoms. The molecular weight excluding hydrogens is 269 g/mol. The van der Waals surface area contributed by atoms with Gasteiger partial charge >= 0.3 is 6.18 Å². The zero-order chi connectivity index (χ0) is 14.4. The first-order valence-corrected chi connectivity index (χ1v) is 6.73. The van der Waals surface area contributed by atoms with Crippen LogP contribution in [0.5, 0.6) is 5.75 Å². The minimum absolute atomic E-state index is 0.000454. The molecule has 1 heterocycles. The fourth-order valence-electron chi connectivity index (χ4n) is 2.21. The van der Waals surface area contributed by atoms with Gasteiger partial charge in [0.1, 0.15) is 12.4 Å². The van der Waals surface area contributed by atoms with E-state index in [2.05, 4.69) is 5.32 Å². The molecule has 0 aliphatic carbocycles. The van der Waals surface area contributed by atoms with E-state index in [0.717, 1.165) is 5.75 Å². The molecule has 112 valence electrons. The van der Waals surface area contributed by atoms with Crippen LogP contribution in [-0.2, 0) is 0 Å². The van der Waals surface area contributed by atoms with Crippen LogP contribution < -0.4 is 10.1 Å². The average Bonchev–Trinajstić information content (AvgIpc) is 2.65. The first kappa shape index (κ1) is 15.1. The van der Waals surface area contributed by atoms with Crippen LogP contribution in [0.1, 0.15) is 0 Å². The third-order valence-electron chi connectivity index (χ3n) is 3.36. The van der Waals surface area contributed by atoms with Gasteiger partial charge in [-0.15, -0.1) is 0 Å². The van der Waals surface area contributed by atoms with Crippen molar-refractivity contribution in [1.82, 2.24) is 10.2 Å². The van der Waals surface area contributed by atoms with Crippen molar-refractivity contribution in [3.05, 3.63) is 30.3 Å². The van der Waals surface area contributed by atoms with Gasteiger partial charge in [0.05, 0.1) is 5.92 Å². The van der Waals surface area contributed by atoms with Crippen molar-refractivity contribution < 1.29 is 17.9 Å². The van der Waals surface area contributed by atoms with E-state index in [-0.39, 0.29) is 13.1 Å². The van der Waals surface area contributed by atoms with Crippen LogP contribution in [0.2, 0.25) is 0 Å². The van der Waals surface area contributed by atoms with Gasteiger partial charge in [-0.1, -0.05) is 18.2 Å². The average molecular weight is 288 g/mol. The molecule has 1 atom stereocenters. The largest absolute Gasteiger partial charge is 0.492 e. The first-order chi connectivity index (χ1) is 9.55. The zero-order valence-corrected chi connectivity index (χ0v) is 11.2. The predicted molar refractivity (Wildman–Crippen MR) is 70.8 cm³/mol. The summed E-state index contributed by atoms with van der Waals surface area (Å²) in [6.07, 6.45) is -4.14. The van der Waals surface area contributed by atoms with Crippen molar-refractivity contribution in [2.24, 2.45) is 5.92 Å². The van der Waals surface area contributed by atoms with Crippen LogP contribution in [0.4, 0.5) is 13.2 Å². The second-order valence-electron chi connectivity index (χ2n) is 4.90. The van der Waals surface area contributed by atoms with E-state index in [1.807, 2.05) is 30.3 Å². The lowest BCUT2D eigenvalue weighted by Gasteiger charge is -2.25. The highest BCUT2D eigenvalue weighted by Crippen LogP contribution is 2.27. The maximum absolute atomic E-state index is 12.8. The minimum atomic E-state index is -4.14. The minimum Gasteiger partial charge on any atom is -0.492 e. The molecule has 1 N–H and O–H groups in total. The van der Waals surface area contributed by atoms with Crippen molar-refractivity contribution in [2.75, 3.05) is 39.3 Å². The molecule has 1 aliphatic heterocycles. The molecule has 3 nitrogen and oxygen atoms in total. The van der Waals surface area contributed by atoms with Gasteiger partial charge in [-0.2, -0.15) is 13.2 Å². The highest BCUT2D eigenvalue weighted by molar-refractivity contribution is 5.20. The number of alkyl halides is 3. The quantitative estimate of drug-likeness (QED) is 0.919. The summed E-state index contributed by atoms with van der Waals surface area (Å²) >= 11 is 0. The molecule has 0 aromatic heterocycles. The molecule has 1 saturated heterocycles. The van der Waals surface area contributed by atoms with Crippen molar-refractivity contribution in [2.45, 2.75) is 6.18 Å². The summed E-state index contributed by atoms with van der Waals surface area (Å²) in [7, 11) is 0. The Bertz CT molecular complexity index is 397. The molecule has 0 bridgehead atoms. The Morgan fingerprint density at radius 1 is 1.25 bits per heavy atom. The van der Waals surface area contributed by atoms with Crippen LogP contribution in [0, 0.1) is 5.92 Å². The Morgan fingerprint density at radius 3 is 2.70 bits per heavy atom. The Kier molecular flexibility index (Phi) is 5.25. The molecule has 1 aromatic carbocycles. The van der Waals surface area contributed by atoms with Crippen molar-refractivity contribution in [1.29, 1.82) is 0 Å². The SMILES string of the molecule is FC(F)(F)C1CNCCN(CCOc2ccccc2)C1. The number of nitrogens with zero attached hydrogens (tertiary/aromatic N) is 1. The number of hydrogen-bond donors (Lipinski definition) is 1. The molecule has 20 heavy (non-hydrogen) atoms. The van der Waals surface area contributed by atoms with E-state index >= 15 is 0 Å². The highest BCUT2D eigenvalue weighted by Gasteiger charge is 2.40. The van der Waals surface area contributed by atoms with Gasteiger partial charge in [-0.05, 0) is 12.1 Å². The lowest BCUT2D eigenvalue weighted by Crippen LogP contribution is -2.39. The van der Waals surface area contributed by atoms with Gasteiger partial charge in [-0.3, -0.25) is 4.90 Å². The molecule has 1 unspecified atom stereocenters. The Morgan fingerprint density at radius 2 is 2.00 bits per heavy atom. The third-order valence-corrected chi connectivity index (χ3v) is 3.36. The summed E-state index contributed by atoms with van der Waals surface area (Å²) in [6, 6.07) is 9.29. The van der Waals surface area contributed by atoms with Crippen LogP contribution in [0.15, 0.2) is 30.3 Å². The van der Waals surface area contributed by atoms with Crippen LogP contribution in [0.3, 0.4) is 0 Å². The van der Waals surface area contributed by atoms with Gasteiger partial charge < -0.3 is 10.1 Å². The predicted octanol–water partition coefficient (Wildman–Crippen LogP) is 2.15. The van der Waals surface area contributed by atoms with E-state index in [9.17, 15) is 13.2 Å². The smallest absolute Gasteiger partial charge is 0.394 e. The fourth-order valence-corrected chi connectivity index (χ4v) is 2.21. The van der Waals surface area contributed by atoms with Gasteiger partial charge in [0, 0.05) is 32.7 Å². The van der Waals surface area contributed by atoms with Crippen LogP contribution in [-0.4, -0.2) is 50.4 Å². The van der Waals surface area contributed by atoms with Gasteiger partial charge in [0.15, 0.2) is 0 Å². The summed E-state index contributed by atoms with van der Waals surface area (Å²) in [6.45, 7) is 2.13. The Labute approximate surface area is 116 Å². The van der Waals surface area contributed by atoms with Crippen LogP contribution >= 0.6 is 0 Å². The summed E-state index contributed by atoms with van der Waals surface area (Å²) in [5.41, 5.74) is 0. The standard InChI is InChI=1S/C14H19F3N2O/c15-14(16,17)12-10-18-6-7-19(11-12)8-9-20-13-4-2-1-3-5-13/h1-5,12,18H,6-11H2. The Balaban J connectivity index is 1.79. The number of nitrogens with one attached hydrogen (secondary N) is 1. The second-order valence-corrected chi connectivity index (χ2v) is 4.90. The topological polar surface area (TPSA) is 24.5 Å². The number of benzene rings is 1. The molecule has 1 aromatic rings. The molecule has 1 fully saturated rings. The molecular formula is C14H19F3N2O. The number of halogens is 3. The second kappa shape index (κ2) is 6.95. The normalized spacial score (nSPS) is 21.4. The summed E-state index contributed by atoms with van der Waals surface area (Å²) < 4.78 is 43.9. The lowest BCUT2D eigenvalue weighted by atomic mass is 10.1. The molecule has 0 saturated carbocycles. The summed E-state index contributed by atoms with van der Waals surface area (Å²) in [4.78, 5) is 1.81. The fraction of sp³-hybridized carbons (Fsp3) is 0.571. The number of rotatable bonds is 4. The van der Waals surface area contributed by atoms with E-state index in [1.165, 1.54) is 0 Å². The lowest BCUT2D eigenvalue weighted by molar-refractivity contribution is -0.175. The molecule has 1 aliphatic rings. The maximum atomic E-state index is 12.8. The van der Waals surface area contributed by atoms with Crippen molar-refractivity contribution in [3.63, 3.8) is 0 Å². The van der Waals surface area contributed by atoms with Crippen LogP contribution in [0.25, 0.3) is 0 Å². The molecule has 0 radical (unpaired) electrons. The van der Waals surface area contributed by atoms with E-state index < -0.39 is 12.1 Å². The summed E-state index contributed by atoms with van der Waals surface area (Å²) in [5.74, 6) is -0.561. The third kappa shape index (κ3) is 4.68. The zero-order valence-electron chi connectivity index (χ0n) is 11.2. The number of para-hydroxylation sites is 1. The monoisotopic (exact) mass is 288 g/mol. The van der Waals surface area contributed by atoms with E-state index in [4.69, 9.17) is 4.74 Å².